The van der Waals surface area contributed by atoms with E-state index in [-0.39, 0.29) is 30.3 Å². The number of sulfonamides is 1. The summed E-state index contributed by atoms with van der Waals surface area (Å²) in [6.07, 6.45) is 1.37. The molecule has 0 saturated heterocycles. The van der Waals surface area contributed by atoms with E-state index >= 15 is 0 Å². The molecule has 1 unspecified atom stereocenters. The number of rotatable bonds is 12. The Morgan fingerprint density at radius 1 is 1.21 bits per heavy atom. The van der Waals surface area contributed by atoms with Crippen LogP contribution in [-0.2, 0) is 29.2 Å². The minimum absolute atomic E-state index is 0.00470. The summed E-state index contributed by atoms with van der Waals surface area (Å²) in [5, 5.41) is 13.6. The van der Waals surface area contributed by atoms with Crippen molar-refractivity contribution in [3.05, 3.63) is 65.2 Å². The van der Waals surface area contributed by atoms with Crippen molar-refractivity contribution in [1.82, 2.24) is 10.0 Å². The van der Waals surface area contributed by atoms with Gasteiger partial charge in [-0.15, -0.1) is 0 Å². The standard InChI is InChI=1S/C22H27N5O6S/c1-15-4-3-5-18(12-15)34(30,31)27-19(22(29)32-2)14-25-20(28)10-11-33-26-13-16-6-8-17(9-7-16)21(23)24/h3-9,12-13,19,27H,10-11,14H2,1-2H3,(H3,23,24)(H,25,28)/b26-13+. The Hall–Kier alpha value is -3.77. The van der Waals surface area contributed by atoms with Crippen LogP contribution in [0.15, 0.2) is 58.6 Å². The van der Waals surface area contributed by atoms with E-state index < -0.39 is 27.9 Å². The molecule has 0 aliphatic carbocycles. The number of esters is 1. The van der Waals surface area contributed by atoms with Crippen molar-refractivity contribution in [1.29, 1.82) is 5.41 Å². The number of oxime groups is 1. The van der Waals surface area contributed by atoms with E-state index in [9.17, 15) is 18.0 Å². The molecule has 12 heteroatoms. The van der Waals surface area contributed by atoms with E-state index in [2.05, 4.69) is 19.9 Å². The second kappa shape index (κ2) is 12.5. The molecule has 0 aliphatic rings. The number of aryl methyl sites for hydroxylation is 1. The molecule has 0 spiro atoms. The van der Waals surface area contributed by atoms with Crippen LogP contribution in [-0.4, -0.2) is 58.6 Å². The van der Waals surface area contributed by atoms with Crippen LogP contribution in [0.2, 0.25) is 0 Å². The first-order valence-electron chi connectivity index (χ1n) is 10.2. The zero-order valence-electron chi connectivity index (χ0n) is 18.8. The Bertz CT molecular complexity index is 1150. The predicted molar refractivity (Wildman–Crippen MR) is 126 cm³/mol. The lowest BCUT2D eigenvalue weighted by atomic mass is 10.1. The van der Waals surface area contributed by atoms with Gasteiger partial charge in [-0.3, -0.25) is 15.0 Å². The number of nitrogen functional groups attached to an aromatic ring is 1. The highest BCUT2D eigenvalue weighted by atomic mass is 32.2. The van der Waals surface area contributed by atoms with Crippen LogP contribution in [0, 0.1) is 12.3 Å². The summed E-state index contributed by atoms with van der Waals surface area (Å²) in [5.74, 6) is -1.35. The minimum atomic E-state index is -4.01. The number of ether oxygens (including phenoxy) is 1. The smallest absolute Gasteiger partial charge is 0.325 e. The molecule has 0 heterocycles. The van der Waals surface area contributed by atoms with Crippen LogP contribution in [0.1, 0.15) is 23.1 Å². The Morgan fingerprint density at radius 3 is 2.53 bits per heavy atom. The number of carbonyl (C=O) groups is 2. The third-order valence-corrected chi connectivity index (χ3v) is 5.97. The van der Waals surface area contributed by atoms with Gasteiger partial charge in [0.05, 0.1) is 24.6 Å². The summed E-state index contributed by atoms with van der Waals surface area (Å²) >= 11 is 0. The summed E-state index contributed by atoms with van der Waals surface area (Å²) in [4.78, 5) is 29.1. The second-order valence-corrected chi connectivity index (χ2v) is 8.89. The quantitative estimate of drug-likeness (QED) is 0.111. The number of carbonyl (C=O) groups excluding carboxylic acids is 2. The van der Waals surface area contributed by atoms with Crippen molar-refractivity contribution in [2.75, 3.05) is 20.3 Å². The molecule has 34 heavy (non-hydrogen) atoms. The lowest BCUT2D eigenvalue weighted by Gasteiger charge is -2.17. The summed E-state index contributed by atoms with van der Waals surface area (Å²) in [5.41, 5.74) is 7.43. The van der Waals surface area contributed by atoms with Gasteiger partial charge in [-0.25, -0.2) is 8.42 Å². The van der Waals surface area contributed by atoms with Crippen molar-refractivity contribution >= 4 is 33.9 Å². The number of hydrogen-bond donors (Lipinski definition) is 4. The van der Waals surface area contributed by atoms with Crippen molar-refractivity contribution < 1.29 is 27.6 Å². The minimum Gasteiger partial charge on any atom is -0.468 e. The molecule has 0 bridgehead atoms. The molecule has 0 saturated carbocycles. The maximum Gasteiger partial charge on any atom is 0.325 e. The first kappa shape index (κ1) is 26.5. The number of nitrogens with one attached hydrogen (secondary N) is 3. The molecule has 1 amide bonds. The number of amides is 1. The fourth-order valence-electron chi connectivity index (χ4n) is 2.70. The molecule has 1 atom stereocenters. The maximum absolute atomic E-state index is 12.6. The van der Waals surface area contributed by atoms with Gasteiger partial charge in [0.1, 0.15) is 18.5 Å². The third-order valence-electron chi connectivity index (χ3n) is 4.50. The first-order valence-corrected chi connectivity index (χ1v) is 11.6. The van der Waals surface area contributed by atoms with Crippen LogP contribution in [0.25, 0.3) is 0 Å². The molecule has 5 N–H and O–H groups in total. The van der Waals surface area contributed by atoms with Gasteiger partial charge < -0.3 is 20.6 Å². The average molecular weight is 490 g/mol. The highest BCUT2D eigenvalue weighted by Crippen LogP contribution is 2.11. The van der Waals surface area contributed by atoms with Gasteiger partial charge in [-0.1, -0.05) is 41.6 Å². The SMILES string of the molecule is COC(=O)C(CNC(=O)CCO/N=C/c1ccc(C(=N)N)cc1)NS(=O)(=O)c1cccc(C)c1. The van der Waals surface area contributed by atoms with E-state index in [0.717, 1.165) is 18.2 Å². The normalized spacial score (nSPS) is 12.2. The van der Waals surface area contributed by atoms with Crippen molar-refractivity contribution in [2.45, 2.75) is 24.3 Å². The van der Waals surface area contributed by atoms with Crippen LogP contribution < -0.4 is 15.8 Å². The van der Waals surface area contributed by atoms with Crippen LogP contribution in [0.5, 0.6) is 0 Å². The molecule has 11 nitrogen and oxygen atoms in total. The van der Waals surface area contributed by atoms with Crippen molar-refractivity contribution in [3.8, 4) is 0 Å². The van der Waals surface area contributed by atoms with Gasteiger partial charge in [0.15, 0.2) is 0 Å². The number of methoxy groups -OCH3 is 1. The second-order valence-electron chi connectivity index (χ2n) is 7.17. The monoisotopic (exact) mass is 489 g/mol. The number of nitrogens with two attached hydrogens (primary N) is 1. The summed E-state index contributed by atoms with van der Waals surface area (Å²) < 4.78 is 32.1. The Labute approximate surface area is 197 Å². The van der Waals surface area contributed by atoms with Crippen LogP contribution >= 0.6 is 0 Å². The molecule has 2 aromatic rings. The van der Waals surface area contributed by atoms with Crippen LogP contribution in [0.3, 0.4) is 0 Å². The molecule has 182 valence electrons. The van der Waals surface area contributed by atoms with Crippen molar-refractivity contribution in [2.24, 2.45) is 10.9 Å². The summed E-state index contributed by atoms with van der Waals surface area (Å²) in [6.45, 7) is 1.40. The number of benzene rings is 2. The lowest BCUT2D eigenvalue weighted by molar-refractivity contribution is -0.142. The molecular formula is C22H27N5O6S. The van der Waals surface area contributed by atoms with Gasteiger partial charge in [-0.05, 0) is 30.2 Å². The molecule has 2 rings (SSSR count). The van der Waals surface area contributed by atoms with E-state index in [1.165, 1.54) is 18.3 Å². The van der Waals surface area contributed by atoms with Gasteiger partial charge in [0.25, 0.3) is 0 Å². The van der Waals surface area contributed by atoms with Crippen molar-refractivity contribution in [3.63, 3.8) is 0 Å². The Kier molecular flexibility index (Phi) is 9.71. The number of nitrogens with zero attached hydrogens (tertiary/aromatic N) is 1. The molecular weight excluding hydrogens is 462 g/mol. The molecule has 0 aromatic heterocycles. The fraction of sp³-hybridized carbons (Fsp3) is 0.273. The molecule has 0 radical (unpaired) electrons. The van der Waals surface area contributed by atoms with Crippen LogP contribution in [0.4, 0.5) is 0 Å². The lowest BCUT2D eigenvalue weighted by Crippen LogP contribution is -2.48. The zero-order chi connectivity index (χ0) is 25.1. The zero-order valence-corrected chi connectivity index (χ0v) is 19.6. The highest BCUT2D eigenvalue weighted by Gasteiger charge is 2.27. The average Bonchev–Trinajstić information content (AvgIpc) is 2.81. The first-order chi connectivity index (χ1) is 16.1. The summed E-state index contributed by atoms with van der Waals surface area (Å²) in [6, 6.07) is 11.6. The van der Waals surface area contributed by atoms with Gasteiger partial charge in [0.2, 0.25) is 15.9 Å². The van der Waals surface area contributed by atoms with E-state index in [1.807, 2.05) is 0 Å². The highest BCUT2D eigenvalue weighted by molar-refractivity contribution is 7.89. The maximum atomic E-state index is 12.6. The van der Waals surface area contributed by atoms with Gasteiger partial charge in [0, 0.05) is 12.1 Å². The topological polar surface area (TPSA) is 173 Å². The molecule has 0 aliphatic heterocycles. The largest absolute Gasteiger partial charge is 0.468 e. The predicted octanol–water partition coefficient (Wildman–Crippen LogP) is 0.656. The van der Waals surface area contributed by atoms with E-state index in [4.69, 9.17) is 16.0 Å². The van der Waals surface area contributed by atoms with Gasteiger partial charge >= 0.3 is 5.97 Å². The Morgan fingerprint density at radius 2 is 1.91 bits per heavy atom. The van der Waals surface area contributed by atoms with E-state index in [1.54, 1.807) is 43.3 Å². The Balaban J connectivity index is 1.83. The third kappa shape index (κ3) is 8.30. The number of hydrogen-bond acceptors (Lipinski definition) is 8. The fourth-order valence-corrected chi connectivity index (χ4v) is 3.98. The van der Waals surface area contributed by atoms with Gasteiger partial charge in [-0.2, -0.15) is 4.72 Å². The van der Waals surface area contributed by atoms with E-state index in [0.29, 0.717) is 5.56 Å². The molecule has 0 fully saturated rings. The summed E-state index contributed by atoms with van der Waals surface area (Å²) in [7, 11) is -2.89. The number of amidine groups is 1. The molecule has 2 aromatic carbocycles.